The van der Waals surface area contributed by atoms with Gasteiger partial charge in [-0.25, -0.2) is 4.79 Å². The number of hydrogen-bond donors (Lipinski definition) is 2. The van der Waals surface area contributed by atoms with Crippen LogP contribution >= 0.6 is 15.9 Å². The van der Waals surface area contributed by atoms with Crippen LogP contribution in [0.3, 0.4) is 0 Å². The van der Waals surface area contributed by atoms with E-state index in [4.69, 9.17) is 9.52 Å². The minimum absolute atomic E-state index is 0.220. The highest BCUT2D eigenvalue weighted by atomic mass is 79.9. The highest BCUT2D eigenvalue weighted by Gasteiger charge is 2.12. The zero-order valence-electron chi connectivity index (χ0n) is 12.3. The molecule has 24 heavy (non-hydrogen) atoms. The number of fused-ring (bicyclic) bond motifs is 1. The molecule has 120 valence electrons. The first-order valence-electron chi connectivity index (χ1n) is 7.03. The van der Waals surface area contributed by atoms with Gasteiger partial charge in [-0.1, -0.05) is 28.1 Å². The van der Waals surface area contributed by atoms with Gasteiger partial charge >= 0.3 is 5.97 Å². The molecule has 2 N–H and O–H groups in total. The van der Waals surface area contributed by atoms with E-state index in [1.807, 2.05) is 12.1 Å². The van der Waals surface area contributed by atoms with Gasteiger partial charge in [0.25, 0.3) is 5.91 Å². The third kappa shape index (κ3) is 3.72. The Labute approximate surface area is 145 Å². The number of halogens is 1. The molecule has 1 heterocycles. The maximum Gasteiger partial charge on any atom is 0.328 e. The van der Waals surface area contributed by atoms with Gasteiger partial charge in [-0.05, 0) is 48.0 Å². The van der Waals surface area contributed by atoms with E-state index in [9.17, 15) is 9.59 Å². The van der Waals surface area contributed by atoms with E-state index in [0.29, 0.717) is 11.3 Å². The molecule has 0 aliphatic rings. The van der Waals surface area contributed by atoms with Crippen molar-refractivity contribution in [2.75, 3.05) is 5.32 Å². The van der Waals surface area contributed by atoms with Crippen LogP contribution in [0.5, 0.6) is 0 Å². The summed E-state index contributed by atoms with van der Waals surface area (Å²) >= 11 is 3.38. The molecule has 3 rings (SSSR count). The van der Waals surface area contributed by atoms with E-state index in [2.05, 4.69) is 21.2 Å². The molecule has 0 radical (unpaired) electrons. The molecule has 3 aromatic rings. The van der Waals surface area contributed by atoms with Crippen LogP contribution in [0.25, 0.3) is 17.0 Å². The standard InChI is InChI=1S/C18H12BrNO4/c19-13-4-7-15-12(9-13)10-16(24-15)18(23)20-14-5-1-11(2-6-14)3-8-17(21)22/h1-10H,(H,20,23)(H,21,22)/b8-3+. The van der Waals surface area contributed by atoms with Crippen molar-refractivity contribution in [3.63, 3.8) is 0 Å². The van der Waals surface area contributed by atoms with Crippen molar-refractivity contribution in [3.8, 4) is 0 Å². The monoisotopic (exact) mass is 385 g/mol. The summed E-state index contributed by atoms with van der Waals surface area (Å²) in [6.45, 7) is 0. The maximum absolute atomic E-state index is 12.3. The maximum atomic E-state index is 12.3. The summed E-state index contributed by atoms with van der Waals surface area (Å²) in [4.78, 5) is 22.7. The quantitative estimate of drug-likeness (QED) is 0.645. The van der Waals surface area contributed by atoms with Crippen LogP contribution in [-0.4, -0.2) is 17.0 Å². The molecule has 5 nitrogen and oxygen atoms in total. The fourth-order valence-corrected chi connectivity index (χ4v) is 2.54. The van der Waals surface area contributed by atoms with Gasteiger partial charge in [0.15, 0.2) is 5.76 Å². The van der Waals surface area contributed by atoms with Crippen LogP contribution < -0.4 is 5.32 Å². The molecule has 1 aromatic heterocycles. The van der Waals surface area contributed by atoms with E-state index in [0.717, 1.165) is 21.5 Å². The van der Waals surface area contributed by atoms with Gasteiger partial charge in [-0.3, -0.25) is 4.79 Å². The van der Waals surface area contributed by atoms with Gasteiger partial charge < -0.3 is 14.8 Å². The second-order valence-corrected chi connectivity index (χ2v) is 5.96. The Morgan fingerprint density at radius 1 is 1.08 bits per heavy atom. The fourth-order valence-electron chi connectivity index (χ4n) is 2.16. The molecular formula is C18H12BrNO4. The molecule has 0 aliphatic carbocycles. The molecule has 0 saturated carbocycles. The van der Waals surface area contributed by atoms with Gasteiger partial charge in [-0.15, -0.1) is 0 Å². The molecule has 0 fully saturated rings. The van der Waals surface area contributed by atoms with Crippen molar-refractivity contribution in [2.24, 2.45) is 0 Å². The summed E-state index contributed by atoms with van der Waals surface area (Å²) < 4.78 is 6.45. The molecule has 0 bridgehead atoms. The molecule has 0 spiro atoms. The number of benzene rings is 2. The van der Waals surface area contributed by atoms with Crippen LogP contribution in [0, 0.1) is 0 Å². The first-order valence-corrected chi connectivity index (χ1v) is 7.82. The number of rotatable bonds is 4. The first kappa shape index (κ1) is 16.0. The van der Waals surface area contributed by atoms with Gasteiger partial charge in [-0.2, -0.15) is 0 Å². The summed E-state index contributed by atoms with van der Waals surface area (Å²) in [5.41, 5.74) is 1.95. The summed E-state index contributed by atoms with van der Waals surface area (Å²) in [6.07, 6.45) is 2.53. The Morgan fingerprint density at radius 3 is 2.54 bits per heavy atom. The first-order chi connectivity index (χ1) is 11.5. The Morgan fingerprint density at radius 2 is 1.83 bits per heavy atom. The number of carboxylic acid groups (broad SMARTS) is 1. The molecule has 0 saturated heterocycles. The van der Waals surface area contributed by atoms with Gasteiger partial charge in [0.05, 0.1) is 0 Å². The van der Waals surface area contributed by atoms with Crippen LogP contribution in [0.1, 0.15) is 16.1 Å². The van der Waals surface area contributed by atoms with Crippen molar-refractivity contribution in [2.45, 2.75) is 0 Å². The number of carbonyl (C=O) groups excluding carboxylic acids is 1. The number of nitrogens with one attached hydrogen (secondary N) is 1. The molecule has 0 aliphatic heterocycles. The lowest BCUT2D eigenvalue weighted by Crippen LogP contribution is -2.10. The van der Waals surface area contributed by atoms with Crippen molar-refractivity contribution < 1.29 is 19.1 Å². The molecule has 2 aromatic carbocycles. The van der Waals surface area contributed by atoms with E-state index >= 15 is 0 Å². The number of furan rings is 1. The van der Waals surface area contributed by atoms with Crippen molar-refractivity contribution in [1.82, 2.24) is 0 Å². The summed E-state index contributed by atoms with van der Waals surface area (Å²) in [7, 11) is 0. The SMILES string of the molecule is O=C(O)/C=C/c1ccc(NC(=O)c2cc3cc(Br)ccc3o2)cc1. The average molecular weight is 386 g/mol. The third-order valence-electron chi connectivity index (χ3n) is 3.29. The smallest absolute Gasteiger partial charge is 0.328 e. The number of carbonyl (C=O) groups is 2. The lowest BCUT2D eigenvalue weighted by atomic mass is 10.2. The molecule has 6 heteroatoms. The second kappa shape index (κ2) is 6.72. The summed E-state index contributed by atoms with van der Waals surface area (Å²) in [5, 5.41) is 12.2. The number of carboxylic acids is 1. The largest absolute Gasteiger partial charge is 0.478 e. The minimum Gasteiger partial charge on any atom is -0.478 e. The fraction of sp³-hybridized carbons (Fsp3) is 0. The Kier molecular flexibility index (Phi) is 4.48. The molecule has 0 unspecified atom stereocenters. The number of hydrogen-bond acceptors (Lipinski definition) is 3. The number of aliphatic carboxylic acids is 1. The highest BCUT2D eigenvalue weighted by molar-refractivity contribution is 9.10. The Bertz CT molecular complexity index is 941. The van der Waals surface area contributed by atoms with Gasteiger partial charge in [0, 0.05) is 21.6 Å². The van der Waals surface area contributed by atoms with Crippen LogP contribution in [0.15, 0.2) is 63.5 Å². The van der Waals surface area contributed by atoms with E-state index in [-0.39, 0.29) is 11.7 Å². The predicted molar refractivity (Wildman–Crippen MR) is 95.0 cm³/mol. The second-order valence-electron chi connectivity index (χ2n) is 5.04. The van der Waals surface area contributed by atoms with Crippen molar-refractivity contribution in [1.29, 1.82) is 0 Å². The van der Waals surface area contributed by atoms with E-state index < -0.39 is 5.97 Å². The van der Waals surface area contributed by atoms with Gasteiger partial charge in [0.1, 0.15) is 5.58 Å². The lowest BCUT2D eigenvalue weighted by Gasteiger charge is -2.03. The number of amides is 1. The third-order valence-corrected chi connectivity index (χ3v) is 3.78. The van der Waals surface area contributed by atoms with Crippen LogP contribution in [0.2, 0.25) is 0 Å². The van der Waals surface area contributed by atoms with E-state index in [1.165, 1.54) is 6.08 Å². The van der Waals surface area contributed by atoms with Gasteiger partial charge in [0.2, 0.25) is 0 Å². The van der Waals surface area contributed by atoms with E-state index in [1.54, 1.807) is 36.4 Å². The van der Waals surface area contributed by atoms with Crippen LogP contribution in [0.4, 0.5) is 5.69 Å². The van der Waals surface area contributed by atoms with Crippen molar-refractivity contribution in [3.05, 3.63) is 70.4 Å². The Balaban J connectivity index is 1.74. The lowest BCUT2D eigenvalue weighted by molar-refractivity contribution is -0.131. The highest BCUT2D eigenvalue weighted by Crippen LogP contribution is 2.24. The molecule has 0 atom stereocenters. The number of anilines is 1. The Hall–Kier alpha value is -2.86. The van der Waals surface area contributed by atoms with Crippen LogP contribution in [-0.2, 0) is 4.79 Å². The van der Waals surface area contributed by atoms with Crippen molar-refractivity contribution >= 4 is 50.5 Å². The normalized spacial score (nSPS) is 11.0. The predicted octanol–water partition coefficient (Wildman–Crippen LogP) is 4.55. The molecule has 1 amide bonds. The average Bonchev–Trinajstić information content (AvgIpc) is 2.97. The zero-order valence-corrected chi connectivity index (χ0v) is 13.9. The minimum atomic E-state index is -1.01. The summed E-state index contributed by atoms with van der Waals surface area (Å²) in [6, 6.07) is 14.0. The topological polar surface area (TPSA) is 79.5 Å². The zero-order chi connectivity index (χ0) is 17.1. The molecular weight excluding hydrogens is 374 g/mol. The summed E-state index contributed by atoms with van der Waals surface area (Å²) in [5.74, 6) is -1.14.